The smallest absolute Gasteiger partial charge is 0.244 e. The number of likely N-dealkylation sites (N-methyl/N-ethyl adjacent to an activating group) is 1. The minimum absolute atomic E-state index is 0.0377. The van der Waals surface area contributed by atoms with Crippen molar-refractivity contribution in [1.29, 1.82) is 0 Å². The molecule has 28 heavy (non-hydrogen) atoms. The summed E-state index contributed by atoms with van der Waals surface area (Å²) < 4.78 is 0. The number of carbonyl (C=O) groups excluding carboxylic acids is 3. The van der Waals surface area contributed by atoms with Crippen LogP contribution in [-0.2, 0) is 14.4 Å². The van der Waals surface area contributed by atoms with Crippen molar-refractivity contribution in [2.75, 3.05) is 30.5 Å². The third-order valence-corrected chi connectivity index (χ3v) is 6.33. The van der Waals surface area contributed by atoms with Gasteiger partial charge in [-0.25, -0.2) is 0 Å². The Kier molecular flexibility index (Phi) is 6.64. The van der Waals surface area contributed by atoms with Gasteiger partial charge in [-0.05, 0) is 30.5 Å². The molecule has 0 spiro atoms. The summed E-state index contributed by atoms with van der Waals surface area (Å²) in [6.07, 6.45) is 1.97. The number of thioether (sulfide) groups is 2. The molecule has 0 bridgehead atoms. The lowest BCUT2D eigenvalue weighted by molar-refractivity contribution is -0.134. The average molecular weight is 416 g/mol. The van der Waals surface area contributed by atoms with Gasteiger partial charge in [0.05, 0.1) is 23.2 Å². The van der Waals surface area contributed by atoms with E-state index in [-0.39, 0.29) is 30.7 Å². The van der Waals surface area contributed by atoms with Crippen molar-refractivity contribution >= 4 is 52.6 Å². The fourth-order valence-corrected chi connectivity index (χ4v) is 4.44. The molecule has 0 radical (unpaired) electrons. The maximum Gasteiger partial charge on any atom is 0.244 e. The molecule has 3 rings (SSSR count). The maximum atomic E-state index is 12.5. The topological polar surface area (TPSA) is 78.5 Å². The highest BCUT2D eigenvalue weighted by Crippen LogP contribution is 2.36. The summed E-state index contributed by atoms with van der Waals surface area (Å²) in [7, 11) is 1.57. The molecule has 146 valence electrons. The van der Waals surface area contributed by atoms with Gasteiger partial charge in [-0.3, -0.25) is 14.4 Å². The molecule has 0 saturated heterocycles. The summed E-state index contributed by atoms with van der Waals surface area (Å²) in [5.74, 6) is -0.715. The first-order chi connectivity index (χ1) is 13.5. The zero-order valence-electron chi connectivity index (χ0n) is 15.6. The molecule has 2 aromatic carbocycles. The number of rotatable bonds is 6. The van der Waals surface area contributed by atoms with Gasteiger partial charge in [-0.15, -0.1) is 23.5 Å². The number of fused-ring (bicyclic) bond motifs is 1. The molecule has 8 heteroatoms. The second kappa shape index (κ2) is 9.16. The monoisotopic (exact) mass is 415 g/mol. The first-order valence-corrected chi connectivity index (χ1v) is 10.8. The molecular formula is C20H21N3O3S2. The van der Waals surface area contributed by atoms with Gasteiger partial charge in [-0.2, -0.15) is 0 Å². The lowest BCUT2D eigenvalue weighted by atomic mass is 10.2. The summed E-state index contributed by atoms with van der Waals surface area (Å²) in [6.45, 7) is -0.0723. The van der Waals surface area contributed by atoms with Crippen molar-refractivity contribution in [2.45, 2.75) is 21.5 Å². The van der Waals surface area contributed by atoms with Crippen molar-refractivity contribution < 1.29 is 14.4 Å². The largest absolute Gasteiger partial charge is 0.336 e. The maximum absolute atomic E-state index is 12.5. The Morgan fingerprint density at radius 1 is 1.18 bits per heavy atom. The van der Waals surface area contributed by atoms with E-state index < -0.39 is 5.25 Å². The van der Waals surface area contributed by atoms with Crippen LogP contribution >= 0.6 is 23.5 Å². The molecule has 1 atom stereocenters. The van der Waals surface area contributed by atoms with Gasteiger partial charge in [0.2, 0.25) is 17.7 Å². The van der Waals surface area contributed by atoms with Crippen molar-refractivity contribution in [1.82, 2.24) is 4.90 Å². The number of hydrogen-bond acceptors (Lipinski definition) is 5. The van der Waals surface area contributed by atoms with Crippen molar-refractivity contribution in [3.05, 3.63) is 48.5 Å². The van der Waals surface area contributed by atoms with Crippen LogP contribution in [0.15, 0.2) is 58.3 Å². The average Bonchev–Trinajstić information content (AvgIpc) is 2.68. The van der Waals surface area contributed by atoms with Crippen LogP contribution in [0.4, 0.5) is 11.4 Å². The number of anilines is 2. The predicted octanol–water partition coefficient (Wildman–Crippen LogP) is 3.31. The first-order valence-electron chi connectivity index (χ1n) is 8.71. The number of hydrogen-bond donors (Lipinski definition) is 2. The number of nitrogens with one attached hydrogen (secondary N) is 2. The number of para-hydroxylation sites is 2. The predicted molar refractivity (Wildman–Crippen MR) is 114 cm³/mol. The van der Waals surface area contributed by atoms with Crippen molar-refractivity contribution in [2.24, 2.45) is 0 Å². The number of nitrogens with zero attached hydrogens (tertiary/aromatic N) is 1. The van der Waals surface area contributed by atoms with Gasteiger partial charge in [0, 0.05) is 23.3 Å². The third-order valence-electron chi connectivity index (χ3n) is 4.25. The van der Waals surface area contributed by atoms with Gasteiger partial charge in [0.1, 0.15) is 0 Å². The number of amides is 3. The van der Waals surface area contributed by atoms with Crippen LogP contribution in [0, 0.1) is 0 Å². The molecule has 6 nitrogen and oxygen atoms in total. The Bertz CT molecular complexity index is 904. The molecule has 1 aliphatic heterocycles. The van der Waals surface area contributed by atoms with Crippen LogP contribution in [0.2, 0.25) is 0 Å². The summed E-state index contributed by atoms with van der Waals surface area (Å²) in [4.78, 5) is 40.4. The highest BCUT2D eigenvalue weighted by Gasteiger charge is 2.30. The normalized spacial score (nSPS) is 15.4. The number of carbonyl (C=O) groups is 3. The molecule has 0 fully saturated rings. The van der Waals surface area contributed by atoms with Crippen LogP contribution < -0.4 is 10.6 Å². The summed E-state index contributed by atoms with van der Waals surface area (Å²) in [6, 6.07) is 15.0. The lowest BCUT2D eigenvalue weighted by Gasteiger charge is -2.25. The Morgan fingerprint density at radius 2 is 1.89 bits per heavy atom. The van der Waals surface area contributed by atoms with E-state index in [1.807, 2.05) is 54.8 Å². The molecule has 0 unspecified atom stereocenters. The second-order valence-corrected chi connectivity index (χ2v) is 8.39. The Labute approximate surface area is 172 Å². The zero-order chi connectivity index (χ0) is 20.1. The lowest BCUT2D eigenvalue weighted by Crippen LogP contribution is -2.39. The molecule has 2 aromatic rings. The van der Waals surface area contributed by atoms with Crippen molar-refractivity contribution in [3.8, 4) is 0 Å². The highest BCUT2D eigenvalue weighted by atomic mass is 32.2. The van der Waals surface area contributed by atoms with Crippen LogP contribution in [0.1, 0.15) is 6.42 Å². The van der Waals surface area contributed by atoms with Crippen molar-refractivity contribution in [3.63, 3.8) is 0 Å². The molecule has 0 aliphatic carbocycles. The van der Waals surface area contributed by atoms with Crippen LogP contribution in [0.3, 0.4) is 0 Å². The van der Waals surface area contributed by atoms with E-state index in [2.05, 4.69) is 10.6 Å². The van der Waals surface area contributed by atoms with E-state index in [9.17, 15) is 14.4 Å². The van der Waals surface area contributed by atoms with Gasteiger partial charge in [-0.1, -0.05) is 24.3 Å². The molecule has 0 saturated carbocycles. The SMILES string of the molecule is CSc1ccccc1NC(=O)CN(C)C(=O)C[C@H]1Sc2ccccc2NC1=O. The van der Waals surface area contributed by atoms with E-state index >= 15 is 0 Å². The molecule has 1 heterocycles. The van der Waals surface area contributed by atoms with Crippen LogP contribution in [0.5, 0.6) is 0 Å². The van der Waals surface area contributed by atoms with E-state index in [1.165, 1.54) is 28.4 Å². The summed E-state index contributed by atoms with van der Waals surface area (Å²) in [5, 5.41) is 5.15. The van der Waals surface area contributed by atoms with Crippen LogP contribution in [0.25, 0.3) is 0 Å². The van der Waals surface area contributed by atoms with Gasteiger partial charge >= 0.3 is 0 Å². The van der Waals surface area contributed by atoms with Gasteiger partial charge < -0.3 is 15.5 Å². The first kappa shape index (κ1) is 20.3. The molecule has 3 amide bonds. The van der Waals surface area contributed by atoms with Gasteiger partial charge in [0.25, 0.3) is 0 Å². The highest BCUT2D eigenvalue weighted by molar-refractivity contribution is 8.01. The fourth-order valence-electron chi connectivity index (χ4n) is 2.78. The molecular weight excluding hydrogens is 394 g/mol. The molecule has 2 N–H and O–H groups in total. The van der Waals surface area contributed by atoms with E-state index in [1.54, 1.807) is 7.05 Å². The number of benzene rings is 2. The minimum atomic E-state index is -0.509. The Morgan fingerprint density at radius 3 is 2.68 bits per heavy atom. The van der Waals surface area contributed by atoms with Crippen LogP contribution in [-0.4, -0.2) is 47.7 Å². The summed E-state index contributed by atoms with van der Waals surface area (Å²) in [5.41, 5.74) is 1.49. The van der Waals surface area contributed by atoms with E-state index in [0.717, 1.165) is 21.2 Å². The Balaban J connectivity index is 1.56. The summed E-state index contributed by atoms with van der Waals surface area (Å²) >= 11 is 2.91. The second-order valence-electron chi connectivity index (χ2n) is 6.29. The fraction of sp³-hybridized carbons (Fsp3) is 0.250. The minimum Gasteiger partial charge on any atom is -0.336 e. The standard InChI is InChI=1S/C20H21N3O3S2/c1-23(12-18(24)21-13-7-3-5-9-15(13)27-2)19(25)11-17-20(26)22-14-8-4-6-10-16(14)28-17/h3-10,17H,11-12H2,1-2H3,(H,21,24)(H,22,26)/t17-/m1/s1. The third kappa shape index (κ3) is 4.88. The van der Waals surface area contributed by atoms with E-state index in [0.29, 0.717) is 0 Å². The Hall–Kier alpha value is -2.45. The molecule has 1 aliphatic rings. The van der Waals surface area contributed by atoms with E-state index in [4.69, 9.17) is 0 Å². The quantitative estimate of drug-likeness (QED) is 0.708. The molecule has 0 aromatic heterocycles. The van der Waals surface area contributed by atoms with Gasteiger partial charge in [0.15, 0.2) is 0 Å². The zero-order valence-corrected chi connectivity index (χ0v) is 17.2.